The largest absolute Gasteiger partial charge is 0.495 e. The molecule has 1 amide bonds. The molecule has 6 rings (SSSR count). The van der Waals surface area contributed by atoms with Crippen molar-refractivity contribution in [3.63, 3.8) is 0 Å². The van der Waals surface area contributed by atoms with Gasteiger partial charge in [0.15, 0.2) is 0 Å². The van der Waals surface area contributed by atoms with Gasteiger partial charge in [-0.3, -0.25) is 4.79 Å². The first-order valence-electron chi connectivity index (χ1n) is 11.2. The van der Waals surface area contributed by atoms with Crippen LogP contribution in [0.25, 0.3) is 17.1 Å². The van der Waals surface area contributed by atoms with E-state index >= 15 is 0 Å². The fourth-order valence-corrected chi connectivity index (χ4v) is 4.91. The normalized spacial score (nSPS) is 15.4. The number of rotatable bonds is 5. The number of aromatic nitrogens is 7. The van der Waals surface area contributed by atoms with E-state index in [0.717, 1.165) is 22.6 Å². The molecule has 0 fully saturated rings. The molecule has 0 saturated heterocycles. The quantitative estimate of drug-likeness (QED) is 0.351. The van der Waals surface area contributed by atoms with E-state index in [1.54, 1.807) is 36.7 Å². The van der Waals surface area contributed by atoms with Crippen LogP contribution in [-0.2, 0) is 6.42 Å². The summed E-state index contributed by atoms with van der Waals surface area (Å²) in [7, 11) is 7.09. The average Bonchev–Trinajstić information content (AvgIpc) is 3.66. The lowest BCUT2D eigenvalue weighted by Gasteiger charge is -2.32. The van der Waals surface area contributed by atoms with Gasteiger partial charge in [-0.2, -0.15) is 5.10 Å². The standard InChI is InChI=1S/C23H22N8O3P2/c1-33-13-5-6-15(24-10-13)20-27-28-21(34-20)22(32)30-8-7-14-18(26-11-25-14)19(30)16-9-12-3-2-4-17(23(35)36)31(12)29-16/h2-6,9-11,19,23H,7-8,35-36H2,1H3,(H,25,26)/t19-/m1/s1. The summed E-state index contributed by atoms with van der Waals surface area (Å²) in [5.41, 5.74) is 4.83. The molecule has 1 aliphatic heterocycles. The van der Waals surface area contributed by atoms with Gasteiger partial charge in [-0.05, 0) is 30.3 Å². The zero-order chi connectivity index (χ0) is 24.8. The predicted octanol–water partition coefficient (Wildman–Crippen LogP) is 3.05. The summed E-state index contributed by atoms with van der Waals surface area (Å²) in [5.74, 6) is 0.240. The molecular formula is C23H22N8O3P2. The molecule has 182 valence electrons. The van der Waals surface area contributed by atoms with Gasteiger partial charge in [-0.25, -0.2) is 14.5 Å². The minimum absolute atomic E-state index is 0.119. The van der Waals surface area contributed by atoms with Crippen molar-refractivity contribution in [1.29, 1.82) is 0 Å². The molecule has 3 atom stereocenters. The highest BCUT2D eigenvalue weighted by Gasteiger charge is 2.38. The van der Waals surface area contributed by atoms with Crippen molar-refractivity contribution in [3.8, 4) is 17.3 Å². The maximum Gasteiger partial charge on any atom is 0.312 e. The van der Waals surface area contributed by atoms with Crippen LogP contribution in [0.15, 0.2) is 53.3 Å². The lowest BCUT2D eigenvalue weighted by Crippen LogP contribution is -2.41. The van der Waals surface area contributed by atoms with E-state index in [1.165, 1.54) is 0 Å². The SMILES string of the molecule is COc1ccc(-c2nnc(C(=O)N3CCc4[nH]cnc4[C@H]3c3cc4cccc(C(P)P)n4n3)o2)nc1. The summed E-state index contributed by atoms with van der Waals surface area (Å²) in [4.78, 5) is 27.3. The number of carbonyl (C=O) groups excluding carboxylic acids is 1. The van der Waals surface area contributed by atoms with E-state index < -0.39 is 11.9 Å². The highest BCUT2D eigenvalue weighted by atomic mass is 31.1. The van der Waals surface area contributed by atoms with Gasteiger partial charge < -0.3 is 19.0 Å². The number of pyridine rings is 2. The third-order valence-corrected chi connectivity index (χ3v) is 6.82. The Balaban J connectivity index is 1.38. The van der Waals surface area contributed by atoms with Crippen LogP contribution >= 0.6 is 18.5 Å². The van der Waals surface area contributed by atoms with Gasteiger partial charge in [0.05, 0.1) is 42.2 Å². The number of nitrogens with zero attached hydrogens (tertiary/aromatic N) is 7. The van der Waals surface area contributed by atoms with Crippen molar-refractivity contribution in [1.82, 2.24) is 39.7 Å². The van der Waals surface area contributed by atoms with Crippen LogP contribution in [-0.4, -0.2) is 59.2 Å². The molecule has 13 heteroatoms. The van der Waals surface area contributed by atoms with Crippen LogP contribution in [0.1, 0.15) is 44.9 Å². The summed E-state index contributed by atoms with van der Waals surface area (Å²) < 4.78 is 12.8. The molecule has 0 saturated carbocycles. The van der Waals surface area contributed by atoms with Crippen LogP contribution in [0.5, 0.6) is 5.75 Å². The molecule has 0 radical (unpaired) electrons. The summed E-state index contributed by atoms with van der Waals surface area (Å²) in [6.45, 7) is 0.438. The number of ether oxygens (including phenoxy) is 1. The molecule has 0 spiro atoms. The van der Waals surface area contributed by atoms with Gasteiger partial charge in [0.1, 0.15) is 17.5 Å². The van der Waals surface area contributed by atoms with Crippen LogP contribution in [0.3, 0.4) is 0 Å². The van der Waals surface area contributed by atoms with Crippen molar-refractivity contribution in [2.75, 3.05) is 13.7 Å². The van der Waals surface area contributed by atoms with Crippen molar-refractivity contribution in [2.45, 2.75) is 17.9 Å². The Hall–Kier alpha value is -3.68. The van der Waals surface area contributed by atoms with Crippen molar-refractivity contribution in [2.24, 2.45) is 0 Å². The Morgan fingerprint density at radius 1 is 1.22 bits per heavy atom. The van der Waals surface area contributed by atoms with Crippen molar-refractivity contribution < 1.29 is 13.9 Å². The second-order valence-corrected chi connectivity index (χ2v) is 10.5. The Morgan fingerprint density at radius 3 is 2.89 bits per heavy atom. The Labute approximate surface area is 210 Å². The number of amides is 1. The summed E-state index contributed by atoms with van der Waals surface area (Å²) in [5, 5.41) is 13.1. The van der Waals surface area contributed by atoms with Gasteiger partial charge in [-0.1, -0.05) is 6.07 Å². The van der Waals surface area contributed by atoms with E-state index in [2.05, 4.69) is 43.6 Å². The first-order chi connectivity index (χ1) is 17.5. The minimum Gasteiger partial charge on any atom is -0.495 e. The van der Waals surface area contributed by atoms with Gasteiger partial charge in [0, 0.05) is 24.1 Å². The highest BCUT2D eigenvalue weighted by Crippen LogP contribution is 2.36. The number of methoxy groups -OCH3 is 1. The van der Waals surface area contributed by atoms with E-state index in [4.69, 9.17) is 14.3 Å². The molecule has 0 aromatic carbocycles. The predicted molar refractivity (Wildman–Crippen MR) is 137 cm³/mol. The van der Waals surface area contributed by atoms with Crippen LogP contribution in [0, 0.1) is 0 Å². The smallest absolute Gasteiger partial charge is 0.312 e. The summed E-state index contributed by atoms with van der Waals surface area (Å²) in [6, 6.07) is 10.9. The number of imidazole rings is 1. The fraction of sp³-hybridized carbons (Fsp3) is 0.217. The maximum absolute atomic E-state index is 13.7. The molecular weight excluding hydrogens is 498 g/mol. The van der Waals surface area contributed by atoms with Crippen LogP contribution < -0.4 is 4.74 Å². The Bertz CT molecular complexity index is 1560. The number of hydrogen-bond donors (Lipinski definition) is 1. The molecule has 36 heavy (non-hydrogen) atoms. The molecule has 11 nitrogen and oxygen atoms in total. The van der Waals surface area contributed by atoms with E-state index in [1.807, 2.05) is 28.8 Å². The minimum atomic E-state index is -0.512. The molecule has 1 N–H and O–H groups in total. The first kappa shape index (κ1) is 22.8. The maximum atomic E-state index is 13.7. The van der Waals surface area contributed by atoms with E-state index in [9.17, 15) is 4.79 Å². The molecule has 1 aliphatic rings. The molecule has 5 aromatic heterocycles. The Morgan fingerprint density at radius 2 is 2.11 bits per heavy atom. The second-order valence-electron chi connectivity index (χ2n) is 8.30. The van der Waals surface area contributed by atoms with Gasteiger partial charge in [0.2, 0.25) is 0 Å². The number of nitrogens with one attached hydrogen (secondary N) is 1. The number of carbonyl (C=O) groups is 1. The number of fused-ring (bicyclic) bond motifs is 2. The molecule has 0 bridgehead atoms. The third-order valence-electron chi connectivity index (χ3n) is 6.14. The monoisotopic (exact) mass is 520 g/mol. The fourth-order valence-electron chi connectivity index (χ4n) is 4.40. The van der Waals surface area contributed by atoms with Gasteiger partial charge >= 0.3 is 11.8 Å². The van der Waals surface area contributed by atoms with Crippen molar-refractivity contribution in [3.05, 3.63) is 77.6 Å². The zero-order valence-electron chi connectivity index (χ0n) is 19.2. The molecule has 5 aromatic rings. The number of aromatic amines is 1. The van der Waals surface area contributed by atoms with Crippen LogP contribution in [0.4, 0.5) is 0 Å². The average molecular weight is 520 g/mol. The summed E-state index contributed by atoms with van der Waals surface area (Å²) >= 11 is 0. The summed E-state index contributed by atoms with van der Waals surface area (Å²) in [6.07, 6.45) is 3.82. The van der Waals surface area contributed by atoms with Gasteiger partial charge in [-0.15, -0.1) is 28.7 Å². The molecule has 0 aliphatic carbocycles. The lowest BCUT2D eigenvalue weighted by atomic mass is 9.99. The van der Waals surface area contributed by atoms with Crippen molar-refractivity contribution >= 4 is 29.9 Å². The van der Waals surface area contributed by atoms with Crippen LogP contribution in [0.2, 0.25) is 0 Å². The van der Waals surface area contributed by atoms with E-state index in [-0.39, 0.29) is 17.2 Å². The van der Waals surface area contributed by atoms with Gasteiger partial charge in [0.25, 0.3) is 5.89 Å². The number of H-pyrrole nitrogens is 1. The van der Waals surface area contributed by atoms with E-state index in [0.29, 0.717) is 30.1 Å². The number of hydrogen-bond acceptors (Lipinski definition) is 8. The Kier molecular flexibility index (Phi) is 5.74. The molecule has 2 unspecified atom stereocenters. The zero-order valence-corrected chi connectivity index (χ0v) is 21.5. The topological polar surface area (TPSA) is 127 Å². The second kappa shape index (κ2) is 9.08. The lowest BCUT2D eigenvalue weighted by molar-refractivity contribution is 0.0646. The molecule has 6 heterocycles. The third kappa shape index (κ3) is 3.85. The first-order valence-corrected chi connectivity index (χ1v) is 12.5. The highest BCUT2D eigenvalue weighted by molar-refractivity contribution is 7.37.